The number of H-pyrrole nitrogens is 1. The van der Waals surface area contributed by atoms with Crippen LogP contribution in [0.25, 0.3) is 0 Å². The van der Waals surface area contributed by atoms with Crippen LogP contribution >= 0.6 is 11.8 Å². The molecule has 2 aromatic rings. The highest BCUT2D eigenvalue weighted by Crippen LogP contribution is 2.07. The Morgan fingerprint density at radius 1 is 1.35 bits per heavy atom. The number of aromatic nitrogens is 2. The van der Waals surface area contributed by atoms with Crippen molar-refractivity contribution < 1.29 is 0 Å². The molecule has 0 bridgehead atoms. The van der Waals surface area contributed by atoms with Gasteiger partial charge in [-0.3, -0.25) is 9.78 Å². The Balaban J connectivity index is 2.07. The molecule has 0 saturated carbocycles. The average Bonchev–Trinajstić information content (AvgIpc) is 2.38. The minimum atomic E-state index is -0.139. The minimum absolute atomic E-state index is 0.139. The van der Waals surface area contributed by atoms with E-state index in [-0.39, 0.29) is 5.56 Å². The lowest BCUT2D eigenvalue weighted by atomic mass is 10.2. The molecule has 0 atom stereocenters. The second-order valence-electron chi connectivity index (χ2n) is 3.47. The number of nitrogens with one attached hydrogen (secondary N) is 2. The lowest BCUT2D eigenvalue weighted by molar-refractivity contribution is 0.933. The summed E-state index contributed by atoms with van der Waals surface area (Å²) in [5.41, 5.74) is 1.48. The molecule has 5 heteroatoms. The van der Waals surface area contributed by atoms with Gasteiger partial charge >= 0.3 is 0 Å². The molecule has 0 aliphatic heterocycles. The quantitative estimate of drug-likeness (QED) is 0.641. The second kappa shape index (κ2) is 5.54. The summed E-state index contributed by atoms with van der Waals surface area (Å²) < 4.78 is 0. The Morgan fingerprint density at radius 2 is 2.12 bits per heavy atom. The van der Waals surface area contributed by atoms with E-state index in [1.54, 1.807) is 6.20 Å². The third-order valence-electron chi connectivity index (χ3n) is 2.30. The highest BCUT2D eigenvalue weighted by molar-refractivity contribution is 7.98. The average molecular weight is 247 g/mol. The van der Waals surface area contributed by atoms with Crippen LogP contribution in [-0.2, 0) is 6.54 Å². The molecule has 2 N–H and O–H groups in total. The van der Waals surface area contributed by atoms with Crippen molar-refractivity contribution in [2.75, 3.05) is 11.6 Å². The minimum Gasteiger partial charge on any atom is -0.375 e. The van der Waals surface area contributed by atoms with Crippen molar-refractivity contribution in [1.82, 2.24) is 9.97 Å². The van der Waals surface area contributed by atoms with Crippen LogP contribution in [0.4, 0.5) is 5.69 Å². The highest BCUT2D eigenvalue weighted by Gasteiger charge is 2.01. The fraction of sp³-hybridized carbons (Fsp3) is 0.167. The fourth-order valence-electron chi connectivity index (χ4n) is 1.40. The third-order valence-corrected chi connectivity index (χ3v) is 2.89. The zero-order valence-electron chi connectivity index (χ0n) is 9.43. The summed E-state index contributed by atoms with van der Waals surface area (Å²) in [5, 5.41) is 3.69. The number of aromatic amines is 1. The van der Waals surface area contributed by atoms with Crippen molar-refractivity contribution in [1.29, 1.82) is 0 Å². The first-order valence-electron chi connectivity index (χ1n) is 5.20. The summed E-state index contributed by atoms with van der Waals surface area (Å²) in [6.45, 7) is 0.615. The van der Waals surface area contributed by atoms with Gasteiger partial charge in [0.1, 0.15) is 5.69 Å². The summed E-state index contributed by atoms with van der Waals surface area (Å²) in [7, 11) is 0. The SMILES string of the molecule is CSc1ncc(NCc2ccccc2)c(=O)[nH]1. The zero-order chi connectivity index (χ0) is 12.1. The van der Waals surface area contributed by atoms with Crippen LogP contribution in [-0.4, -0.2) is 16.2 Å². The molecule has 1 heterocycles. The van der Waals surface area contributed by atoms with Crippen LogP contribution in [0.1, 0.15) is 5.56 Å². The monoisotopic (exact) mass is 247 g/mol. The molecule has 2 rings (SSSR count). The van der Waals surface area contributed by atoms with Crippen molar-refractivity contribution in [2.24, 2.45) is 0 Å². The van der Waals surface area contributed by atoms with Crippen LogP contribution < -0.4 is 10.9 Å². The van der Waals surface area contributed by atoms with Gasteiger partial charge in [0.25, 0.3) is 5.56 Å². The van der Waals surface area contributed by atoms with Gasteiger partial charge in [0.2, 0.25) is 0 Å². The molecule has 0 unspecified atom stereocenters. The zero-order valence-corrected chi connectivity index (χ0v) is 10.3. The van der Waals surface area contributed by atoms with Crippen molar-refractivity contribution >= 4 is 17.4 Å². The van der Waals surface area contributed by atoms with Gasteiger partial charge in [0.05, 0.1) is 6.20 Å². The largest absolute Gasteiger partial charge is 0.375 e. The Labute approximate surface area is 103 Å². The van der Waals surface area contributed by atoms with Gasteiger partial charge in [0, 0.05) is 6.54 Å². The van der Waals surface area contributed by atoms with Gasteiger partial charge in [-0.2, -0.15) is 0 Å². The topological polar surface area (TPSA) is 57.8 Å². The number of hydrogen-bond donors (Lipinski definition) is 2. The first kappa shape index (κ1) is 11.7. The number of rotatable bonds is 4. The van der Waals surface area contributed by atoms with Crippen molar-refractivity contribution in [2.45, 2.75) is 11.7 Å². The molecule has 4 nitrogen and oxygen atoms in total. The molecule has 88 valence electrons. The summed E-state index contributed by atoms with van der Waals surface area (Å²) in [5.74, 6) is 0. The molecule has 0 fully saturated rings. The lowest BCUT2D eigenvalue weighted by Crippen LogP contribution is -2.15. The Hall–Kier alpha value is -1.75. The number of nitrogens with zero attached hydrogens (tertiary/aromatic N) is 1. The maximum absolute atomic E-state index is 11.6. The van der Waals surface area contributed by atoms with E-state index in [9.17, 15) is 4.79 Å². The first-order valence-corrected chi connectivity index (χ1v) is 6.43. The van der Waals surface area contributed by atoms with Crippen molar-refractivity contribution in [3.8, 4) is 0 Å². The van der Waals surface area contributed by atoms with Gasteiger partial charge < -0.3 is 5.32 Å². The number of hydrogen-bond acceptors (Lipinski definition) is 4. The van der Waals surface area contributed by atoms with Crippen LogP contribution in [0.5, 0.6) is 0 Å². The summed E-state index contributed by atoms with van der Waals surface area (Å²) >= 11 is 1.41. The summed E-state index contributed by atoms with van der Waals surface area (Å²) in [4.78, 5) is 18.5. The van der Waals surface area contributed by atoms with Gasteiger partial charge in [-0.25, -0.2) is 4.98 Å². The molecule has 1 aromatic carbocycles. The van der Waals surface area contributed by atoms with Gasteiger partial charge in [-0.1, -0.05) is 42.1 Å². The fourth-order valence-corrected chi connectivity index (χ4v) is 1.75. The Kier molecular flexibility index (Phi) is 3.82. The normalized spacial score (nSPS) is 10.2. The molecule has 0 aliphatic carbocycles. The summed E-state index contributed by atoms with van der Waals surface area (Å²) in [6, 6.07) is 9.91. The smallest absolute Gasteiger partial charge is 0.274 e. The van der Waals surface area contributed by atoms with Crippen molar-refractivity contribution in [3.63, 3.8) is 0 Å². The molecular formula is C12H13N3OS. The number of anilines is 1. The van der Waals surface area contributed by atoms with E-state index < -0.39 is 0 Å². The van der Waals surface area contributed by atoms with Gasteiger partial charge in [-0.15, -0.1) is 0 Å². The van der Waals surface area contributed by atoms with Crippen molar-refractivity contribution in [3.05, 3.63) is 52.4 Å². The van der Waals surface area contributed by atoms with E-state index in [0.29, 0.717) is 17.4 Å². The van der Waals surface area contributed by atoms with E-state index in [1.165, 1.54) is 11.8 Å². The van der Waals surface area contributed by atoms with Crippen LogP contribution in [0, 0.1) is 0 Å². The number of benzene rings is 1. The van der Waals surface area contributed by atoms with Crippen LogP contribution in [0.2, 0.25) is 0 Å². The van der Waals surface area contributed by atoms with E-state index in [1.807, 2.05) is 36.6 Å². The first-order chi connectivity index (χ1) is 8.29. The molecule has 0 aliphatic rings. The predicted molar refractivity (Wildman–Crippen MR) is 70.4 cm³/mol. The Bertz CT molecular complexity index is 539. The van der Waals surface area contributed by atoms with E-state index in [0.717, 1.165) is 5.56 Å². The van der Waals surface area contributed by atoms with E-state index in [4.69, 9.17) is 0 Å². The number of thioether (sulfide) groups is 1. The van der Waals surface area contributed by atoms with Crippen LogP contribution in [0.15, 0.2) is 46.5 Å². The summed E-state index contributed by atoms with van der Waals surface area (Å²) in [6.07, 6.45) is 3.43. The molecule has 0 spiro atoms. The standard InChI is InChI=1S/C12H13N3OS/c1-17-12-14-8-10(11(16)15-12)13-7-9-5-3-2-4-6-9/h2-6,8,13H,7H2,1H3,(H,14,15,16). The lowest BCUT2D eigenvalue weighted by Gasteiger charge is -2.05. The maximum Gasteiger partial charge on any atom is 0.274 e. The van der Waals surface area contributed by atoms with E-state index >= 15 is 0 Å². The van der Waals surface area contributed by atoms with Gasteiger partial charge in [-0.05, 0) is 11.8 Å². The van der Waals surface area contributed by atoms with Crippen LogP contribution in [0.3, 0.4) is 0 Å². The third kappa shape index (κ3) is 3.10. The molecule has 1 aromatic heterocycles. The maximum atomic E-state index is 11.6. The predicted octanol–water partition coefficient (Wildman–Crippen LogP) is 2.10. The second-order valence-corrected chi connectivity index (χ2v) is 4.27. The highest BCUT2D eigenvalue weighted by atomic mass is 32.2. The molecule has 17 heavy (non-hydrogen) atoms. The molecule has 0 amide bonds. The molecular weight excluding hydrogens is 234 g/mol. The molecule has 0 radical (unpaired) electrons. The molecule has 0 saturated heterocycles. The van der Waals surface area contributed by atoms with Gasteiger partial charge in [0.15, 0.2) is 5.16 Å². The Morgan fingerprint density at radius 3 is 2.76 bits per heavy atom. The van der Waals surface area contributed by atoms with E-state index in [2.05, 4.69) is 15.3 Å².